The number of aryl methyl sites for hydroxylation is 2. The minimum absolute atomic E-state index is 0.367. The van der Waals surface area contributed by atoms with Crippen LogP contribution < -0.4 is 5.19 Å². The average Bonchev–Trinajstić information content (AvgIpc) is 2.58. The van der Waals surface area contributed by atoms with Crippen molar-refractivity contribution in [1.82, 2.24) is 0 Å². The van der Waals surface area contributed by atoms with Crippen LogP contribution in [0.4, 0.5) is 0 Å². The van der Waals surface area contributed by atoms with Crippen molar-refractivity contribution in [3.05, 3.63) is 64.7 Å². The van der Waals surface area contributed by atoms with Crippen LogP contribution in [0.15, 0.2) is 42.5 Å². The largest absolute Gasteiger partial charge is 0.278 e. The van der Waals surface area contributed by atoms with Crippen LogP contribution in [0.2, 0.25) is 18.6 Å². The van der Waals surface area contributed by atoms with Crippen molar-refractivity contribution in [2.24, 2.45) is 0 Å². The molecular formula is C21H28Cl4Si2. The third-order valence-corrected chi connectivity index (χ3v) is 12.1. The highest BCUT2D eigenvalue weighted by Gasteiger charge is 2.32. The fourth-order valence-corrected chi connectivity index (χ4v) is 10.0. The van der Waals surface area contributed by atoms with Crippen LogP contribution in [0.1, 0.15) is 42.0 Å². The van der Waals surface area contributed by atoms with E-state index in [1.807, 2.05) is 6.55 Å². The van der Waals surface area contributed by atoms with Crippen LogP contribution in [0.25, 0.3) is 0 Å². The number of hydrogen-bond acceptors (Lipinski definition) is 0. The van der Waals surface area contributed by atoms with Crippen molar-refractivity contribution in [2.75, 3.05) is 0 Å². The molecule has 0 fully saturated rings. The first-order valence-electron chi connectivity index (χ1n) is 9.47. The third-order valence-electron chi connectivity index (χ3n) is 5.18. The van der Waals surface area contributed by atoms with E-state index in [0.717, 1.165) is 30.1 Å². The maximum atomic E-state index is 6.87. The molecule has 0 saturated heterocycles. The predicted octanol–water partition coefficient (Wildman–Crippen LogP) is 7.58. The van der Waals surface area contributed by atoms with E-state index in [0.29, 0.717) is 5.92 Å². The lowest BCUT2D eigenvalue weighted by atomic mass is 9.98. The van der Waals surface area contributed by atoms with Gasteiger partial charge in [0, 0.05) is 0 Å². The summed E-state index contributed by atoms with van der Waals surface area (Å²) in [4.78, 5) is 0. The Bertz CT molecular complexity index is 769. The van der Waals surface area contributed by atoms with E-state index in [1.165, 1.54) is 22.3 Å². The van der Waals surface area contributed by atoms with E-state index in [-0.39, 0.29) is 0 Å². The van der Waals surface area contributed by atoms with Crippen molar-refractivity contribution >= 4 is 62.9 Å². The van der Waals surface area contributed by atoms with Crippen LogP contribution in [-0.2, 0) is 12.8 Å². The van der Waals surface area contributed by atoms with E-state index in [4.69, 9.17) is 44.3 Å². The van der Waals surface area contributed by atoms with E-state index >= 15 is 0 Å². The van der Waals surface area contributed by atoms with E-state index in [1.54, 1.807) is 0 Å². The molecule has 0 aliphatic heterocycles. The van der Waals surface area contributed by atoms with Crippen molar-refractivity contribution in [1.29, 1.82) is 0 Å². The van der Waals surface area contributed by atoms with E-state index < -0.39 is 13.4 Å². The standard InChI is InChI=1S/C21H28Cl4Si2/c1-5-19-18(10-8-12-21(19)26(4,22)23)13-14-27(24,25)15-17(3)20-11-7-6-9-16(20)2/h6-12,17H,5,13-15H2,1-4H3. The highest BCUT2D eigenvalue weighted by molar-refractivity contribution is 7.50. The molecule has 6 heteroatoms. The number of hydrogen-bond donors (Lipinski definition) is 0. The predicted molar refractivity (Wildman–Crippen MR) is 129 cm³/mol. The third kappa shape index (κ3) is 6.52. The molecule has 27 heavy (non-hydrogen) atoms. The van der Waals surface area contributed by atoms with Crippen LogP contribution in [-0.4, -0.2) is 13.4 Å². The average molecular weight is 478 g/mol. The van der Waals surface area contributed by atoms with Gasteiger partial charge in [0.15, 0.2) is 0 Å². The van der Waals surface area contributed by atoms with Crippen molar-refractivity contribution in [3.8, 4) is 0 Å². The van der Waals surface area contributed by atoms with Gasteiger partial charge in [0.2, 0.25) is 0 Å². The Morgan fingerprint density at radius 1 is 0.963 bits per heavy atom. The SMILES string of the molecule is CCc1c(CC[Si](Cl)(Cl)CC(C)c2ccccc2C)cccc1[Si](C)(Cl)Cl. The first-order valence-corrected chi connectivity index (χ1v) is 18.4. The monoisotopic (exact) mass is 476 g/mol. The Kier molecular flexibility index (Phi) is 8.37. The second kappa shape index (κ2) is 9.69. The molecule has 2 aromatic carbocycles. The van der Waals surface area contributed by atoms with Gasteiger partial charge in [-0.05, 0) is 71.8 Å². The summed E-state index contributed by atoms with van der Waals surface area (Å²) in [5.74, 6) is 0.367. The smallest absolute Gasteiger partial charge is 0.146 e. The van der Waals surface area contributed by atoms with Gasteiger partial charge in [-0.1, -0.05) is 56.3 Å². The lowest BCUT2D eigenvalue weighted by Gasteiger charge is -2.24. The first kappa shape index (κ1) is 23.3. The zero-order chi connectivity index (χ0) is 20.2. The van der Waals surface area contributed by atoms with Gasteiger partial charge >= 0.3 is 0 Å². The van der Waals surface area contributed by atoms with Gasteiger partial charge in [-0.3, -0.25) is 0 Å². The zero-order valence-corrected chi connectivity index (χ0v) is 21.5. The fourth-order valence-electron chi connectivity index (χ4n) is 3.81. The Labute approximate surface area is 185 Å². The molecule has 0 amide bonds. The van der Waals surface area contributed by atoms with Gasteiger partial charge in [-0.15, -0.1) is 44.3 Å². The maximum Gasteiger partial charge on any atom is 0.278 e. The van der Waals surface area contributed by atoms with Crippen molar-refractivity contribution < 1.29 is 0 Å². The van der Waals surface area contributed by atoms with Crippen LogP contribution in [0.5, 0.6) is 0 Å². The first-order chi connectivity index (χ1) is 12.5. The Hall–Kier alpha value is 0.0338. The number of halogens is 4. The molecular weight excluding hydrogens is 450 g/mol. The number of rotatable bonds is 8. The van der Waals surface area contributed by atoms with Crippen LogP contribution in [0.3, 0.4) is 0 Å². The van der Waals surface area contributed by atoms with E-state index in [9.17, 15) is 0 Å². The maximum absolute atomic E-state index is 6.87. The van der Waals surface area contributed by atoms with Gasteiger partial charge in [0.1, 0.15) is 0 Å². The zero-order valence-electron chi connectivity index (χ0n) is 16.5. The van der Waals surface area contributed by atoms with Gasteiger partial charge in [-0.25, -0.2) is 0 Å². The number of benzene rings is 2. The molecule has 2 aromatic rings. The van der Waals surface area contributed by atoms with Crippen molar-refractivity contribution in [3.63, 3.8) is 0 Å². The highest BCUT2D eigenvalue weighted by Crippen LogP contribution is 2.36. The summed E-state index contributed by atoms with van der Waals surface area (Å²) < 4.78 is 0. The van der Waals surface area contributed by atoms with Gasteiger partial charge in [0.25, 0.3) is 13.4 Å². The highest BCUT2D eigenvalue weighted by atomic mass is 35.7. The van der Waals surface area contributed by atoms with Crippen LogP contribution in [0, 0.1) is 6.92 Å². The quantitative estimate of drug-likeness (QED) is 0.271. The van der Waals surface area contributed by atoms with Gasteiger partial charge < -0.3 is 0 Å². The summed E-state index contributed by atoms with van der Waals surface area (Å²) in [6.07, 6.45) is 1.81. The molecule has 0 nitrogen and oxygen atoms in total. The molecule has 0 aliphatic rings. The molecule has 0 aliphatic carbocycles. The molecule has 0 bridgehead atoms. The lowest BCUT2D eigenvalue weighted by Crippen LogP contribution is -2.36. The summed E-state index contributed by atoms with van der Waals surface area (Å²) in [5.41, 5.74) is 5.22. The second-order valence-corrected chi connectivity index (χ2v) is 22.5. The lowest BCUT2D eigenvalue weighted by molar-refractivity contribution is 0.839. The van der Waals surface area contributed by atoms with Gasteiger partial charge in [0.05, 0.1) is 0 Å². The van der Waals surface area contributed by atoms with E-state index in [2.05, 4.69) is 63.2 Å². The summed E-state index contributed by atoms with van der Waals surface area (Å²) in [7, 11) is 0. The minimum atomic E-state index is -2.39. The molecule has 1 atom stereocenters. The van der Waals surface area contributed by atoms with Crippen LogP contribution >= 0.6 is 44.3 Å². The Morgan fingerprint density at radius 2 is 1.63 bits per heavy atom. The Balaban J connectivity index is 2.12. The molecule has 0 aromatic heterocycles. The topological polar surface area (TPSA) is 0 Å². The summed E-state index contributed by atoms with van der Waals surface area (Å²) in [6, 6.07) is 16.5. The molecule has 0 spiro atoms. The molecule has 1 unspecified atom stereocenters. The molecule has 0 radical (unpaired) electrons. The molecule has 0 saturated carbocycles. The Morgan fingerprint density at radius 3 is 2.22 bits per heavy atom. The molecule has 0 N–H and O–H groups in total. The molecule has 0 heterocycles. The second-order valence-electron chi connectivity index (χ2n) is 7.50. The normalized spacial score (nSPS) is 13.6. The van der Waals surface area contributed by atoms with Gasteiger partial charge in [-0.2, -0.15) is 0 Å². The fraction of sp³-hybridized carbons (Fsp3) is 0.429. The minimum Gasteiger partial charge on any atom is -0.146 e. The summed E-state index contributed by atoms with van der Waals surface area (Å²) in [6.45, 7) is 3.73. The summed E-state index contributed by atoms with van der Waals surface area (Å²) in [5, 5.41) is 1.12. The van der Waals surface area contributed by atoms with Crippen molar-refractivity contribution in [2.45, 2.75) is 58.2 Å². The molecule has 148 valence electrons. The molecule has 2 rings (SSSR count). The summed E-state index contributed by atoms with van der Waals surface area (Å²) >= 11 is 26.8.